The molecule has 0 saturated heterocycles. The average Bonchev–Trinajstić information content (AvgIpc) is 2.41. The number of hydrogen-bond donors (Lipinski definition) is 2. The number of hydrogen-bond acceptors (Lipinski definition) is 2. The summed E-state index contributed by atoms with van der Waals surface area (Å²) >= 11 is 11.9. The van der Waals surface area contributed by atoms with E-state index >= 15 is 0 Å². The molecule has 0 saturated carbocycles. The van der Waals surface area contributed by atoms with Crippen molar-refractivity contribution < 1.29 is 5.11 Å². The first-order valence-electron chi connectivity index (χ1n) is 6.44. The summed E-state index contributed by atoms with van der Waals surface area (Å²) in [4.78, 5) is 0. The van der Waals surface area contributed by atoms with Crippen molar-refractivity contribution in [2.45, 2.75) is 26.4 Å². The van der Waals surface area contributed by atoms with E-state index in [0.29, 0.717) is 17.1 Å². The molecule has 2 aromatic carbocycles. The van der Waals surface area contributed by atoms with Crippen molar-refractivity contribution in [2.75, 3.05) is 0 Å². The number of aryl methyl sites for hydroxylation is 1. The fourth-order valence-corrected chi connectivity index (χ4v) is 2.53. The number of phenolic OH excluding ortho intramolecular Hbond substituents is 1. The summed E-state index contributed by atoms with van der Waals surface area (Å²) in [5.41, 5.74) is 3.13. The normalized spacial score (nSPS) is 12.4. The van der Waals surface area contributed by atoms with Crippen LogP contribution in [-0.2, 0) is 6.54 Å². The molecule has 0 radical (unpaired) electrons. The fourth-order valence-electron chi connectivity index (χ4n) is 1.99. The molecule has 1 unspecified atom stereocenters. The van der Waals surface area contributed by atoms with E-state index in [1.165, 1.54) is 17.2 Å². The minimum Gasteiger partial charge on any atom is -0.506 e. The Morgan fingerprint density at radius 1 is 1.15 bits per heavy atom. The quantitative estimate of drug-likeness (QED) is 0.845. The first-order chi connectivity index (χ1) is 9.47. The lowest BCUT2D eigenvalue weighted by Crippen LogP contribution is -2.18. The maximum atomic E-state index is 9.91. The number of benzene rings is 2. The molecule has 0 bridgehead atoms. The summed E-state index contributed by atoms with van der Waals surface area (Å²) in [5.74, 6) is 0.0830. The van der Waals surface area contributed by atoms with Gasteiger partial charge in [0.25, 0.3) is 0 Å². The highest BCUT2D eigenvalue weighted by Crippen LogP contribution is 2.31. The summed E-state index contributed by atoms with van der Waals surface area (Å²) < 4.78 is 0. The zero-order chi connectivity index (χ0) is 14.7. The van der Waals surface area contributed by atoms with Gasteiger partial charge >= 0.3 is 0 Å². The second-order valence-corrected chi connectivity index (χ2v) is 5.75. The van der Waals surface area contributed by atoms with E-state index in [-0.39, 0.29) is 16.8 Å². The Morgan fingerprint density at radius 3 is 2.45 bits per heavy atom. The van der Waals surface area contributed by atoms with Gasteiger partial charge in [0.2, 0.25) is 0 Å². The second-order valence-electron chi connectivity index (χ2n) is 4.91. The molecule has 4 heteroatoms. The zero-order valence-electron chi connectivity index (χ0n) is 11.5. The molecule has 2 aromatic rings. The number of rotatable bonds is 4. The third-order valence-electron chi connectivity index (χ3n) is 3.28. The summed E-state index contributed by atoms with van der Waals surface area (Å²) in [6, 6.07) is 11.8. The van der Waals surface area contributed by atoms with Gasteiger partial charge in [-0.25, -0.2) is 0 Å². The number of phenols is 1. The maximum Gasteiger partial charge on any atom is 0.138 e. The van der Waals surface area contributed by atoms with Gasteiger partial charge in [0.1, 0.15) is 5.75 Å². The predicted octanol–water partition coefficient (Wildman–Crippen LogP) is 4.86. The van der Waals surface area contributed by atoms with Crippen LogP contribution in [0.1, 0.15) is 29.7 Å². The lowest BCUT2D eigenvalue weighted by Gasteiger charge is -2.15. The highest BCUT2D eigenvalue weighted by atomic mass is 35.5. The van der Waals surface area contributed by atoms with E-state index in [4.69, 9.17) is 23.2 Å². The van der Waals surface area contributed by atoms with Crippen LogP contribution >= 0.6 is 23.2 Å². The Hall–Kier alpha value is -1.22. The molecule has 0 aliphatic carbocycles. The topological polar surface area (TPSA) is 32.3 Å². The smallest absolute Gasteiger partial charge is 0.138 e. The standard InChI is InChI=1S/C16H17Cl2NO/c1-10-3-5-12(6-4-10)11(2)19-9-13-7-14(17)8-15(18)16(13)20/h3-8,11,19-20H,9H2,1-2H3. The van der Waals surface area contributed by atoms with Crippen LogP contribution < -0.4 is 5.32 Å². The number of halogens is 2. The van der Waals surface area contributed by atoms with Crippen LogP contribution in [0.2, 0.25) is 10.0 Å². The molecule has 0 aliphatic heterocycles. The molecule has 0 amide bonds. The van der Waals surface area contributed by atoms with Crippen LogP contribution in [0, 0.1) is 6.92 Å². The van der Waals surface area contributed by atoms with Gasteiger partial charge < -0.3 is 10.4 Å². The molecule has 0 fully saturated rings. The summed E-state index contributed by atoms with van der Waals surface area (Å²) in [7, 11) is 0. The van der Waals surface area contributed by atoms with Crippen molar-refractivity contribution in [3.8, 4) is 5.75 Å². The molecule has 2 N–H and O–H groups in total. The van der Waals surface area contributed by atoms with Gasteiger partial charge in [-0.05, 0) is 31.5 Å². The first kappa shape index (κ1) is 15.2. The van der Waals surface area contributed by atoms with Crippen LogP contribution in [0.15, 0.2) is 36.4 Å². The Morgan fingerprint density at radius 2 is 1.80 bits per heavy atom. The first-order valence-corrected chi connectivity index (χ1v) is 7.20. The van der Waals surface area contributed by atoms with E-state index in [1.54, 1.807) is 6.07 Å². The maximum absolute atomic E-state index is 9.91. The van der Waals surface area contributed by atoms with Crippen LogP contribution in [0.5, 0.6) is 5.75 Å². The SMILES string of the molecule is Cc1ccc(C(C)NCc2cc(Cl)cc(Cl)c2O)cc1. The zero-order valence-corrected chi connectivity index (χ0v) is 13.0. The van der Waals surface area contributed by atoms with E-state index in [1.807, 2.05) is 0 Å². The predicted molar refractivity (Wildman–Crippen MR) is 84.6 cm³/mol. The molecule has 106 valence electrons. The molecule has 0 spiro atoms. The molecule has 2 nitrogen and oxygen atoms in total. The van der Waals surface area contributed by atoms with Crippen molar-refractivity contribution in [3.05, 3.63) is 63.1 Å². The minimum atomic E-state index is 0.0830. The van der Waals surface area contributed by atoms with Crippen LogP contribution in [0.3, 0.4) is 0 Å². The summed E-state index contributed by atoms with van der Waals surface area (Å²) in [5, 5.41) is 14.1. The molecule has 0 aliphatic rings. The highest BCUT2D eigenvalue weighted by molar-refractivity contribution is 6.35. The van der Waals surface area contributed by atoms with Gasteiger partial charge in [-0.1, -0.05) is 53.0 Å². The third kappa shape index (κ3) is 3.66. The van der Waals surface area contributed by atoms with Crippen LogP contribution in [0.4, 0.5) is 0 Å². The van der Waals surface area contributed by atoms with E-state index in [2.05, 4.69) is 43.4 Å². The monoisotopic (exact) mass is 309 g/mol. The minimum absolute atomic E-state index is 0.0830. The Labute approximate surface area is 129 Å². The molecule has 0 heterocycles. The van der Waals surface area contributed by atoms with E-state index in [9.17, 15) is 5.11 Å². The third-order valence-corrected chi connectivity index (χ3v) is 3.79. The van der Waals surface area contributed by atoms with Gasteiger partial charge in [-0.15, -0.1) is 0 Å². The van der Waals surface area contributed by atoms with Crippen molar-refractivity contribution in [3.63, 3.8) is 0 Å². The van der Waals surface area contributed by atoms with Crippen molar-refractivity contribution in [1.82, 2.24) is 5.32 Å². The lowest BCUT2D eigenvalue weighted by molar-refractivity contribution is 0.460. The van der Waals surface area contributed by atoms with Crippen molar-refractivity contribution in [1.29, 1.82) is 0 Å². The van der Waals surface area contributed by atoms with Gasteiger partial charge in [-0.2, -0.15) is 0 Å². The molecule has 20 heavy (non-hydrogen) atoms. The fraction of sp³-hybridized carbons (Fsp3) is 0.250. The Kier molecular flexibility index (Phi) is 4.92. The van der Waals surface area contributed by atoms with E-state index < -0.39 is 0 Å². The molecule has 0 aromatic heterocycles. The van der Waals surface area contributed by atoms with Gasteiger partial charge in [-0.3, -0.25) is 0 Å². The lowest BCUT2D eigenvalue weighted by atomic mass is 10.1. The van der Waals surface area contributed by atoms with Crippen LogP contribution in [-0.4, -0.2) is 5.11 Å². The largest absolute Gasteiger partial charge is 0.506 e. The van der Waals surface area contributed by atoms with E-state index in [0.717, 1.165) is 0 Å². The Balaban J connectivity index is 2.07. The number of nitrogens with one attached hydrogen (secondary N) is 1. The van der Waals surface area contributed by atoms with Gasteiger partial charge in [0.05, 0.1) is 5.02 Å². The summed E-state index contributed by atoms with van der Waals surface area (Å²) in [6.45, 7) is 4.64. The van der Waals surface area contributed by atoms with Crippen molar-refractivity contribution >= 4 is 23.2 Å². The Bertz CT molecular complexity index is 596. The van der Waals surface area contributed by atoms with Gasteiger partial charge in [0, 0.05) is 23.2 Å². The molecule has 1 atom stereocenters. The van der Waals surface area contributed by atoms with Gasteiger partial charge in [0.15, 0.2) is 0 Å². The highest BCUT2D eigenvalue weighted by Gasteiger charge is 2.10. The molecular weight excluding hydrogens is 293 g/mol. The molecular formula is C16H17Cl2NO. The van der Waals surface area contributed by atoms with Crippen molar-refractivity contribution in [2.24, 2.45) is 0 Å². The molecule has 2 rings (SSSR count). The summed E-state index contributed by atoms with van der Waals surface area (Å²) in [6.07, 6.45) is 0. The number of aromatic hydroxyl groups is 1. The average molecular weight is 310 g/mol. The second kappa shape index (κ2) is 6.49. The van der Waals surface area contributed by atoms with Crippen LogP contribution in [0.25, 0.3) is 0 Å².